The highest BCUT2D eigenvalue weighted by Crippen LogP contribution is 2.42. The number of nitrogens with one attached hydrogen (secondary N) is 1. The highest BCUT2D eigenvalue weighted by Gasteiger charge is 2.44. The Morgan fingerprint density at radius 2 is 2.04 bits per heavy atom. The zero-order valence-corrected chi connectivity index (χ0v) is 18.1. The van der Waals surface area contributed by atoms with Gasteiger partial charge in [-0.2, -0.15) is 0 Å². The van der Waals surface area contributed by atoms with Crippen LogP contribution in [-0.4, -0.2) is 39.1 Å². The molecule has 1 heterocycles. The van der Waals surface area contributed by atoms with Crippen molar-refractivity contribution in [2.24, 2.45) is 5.92 Å². The molecule has 0 spiro atoms. The van der Waals surface area contributed by atoms with E-state index in [0.29, 0.717) is 24.6 Å². The van der Waals surface area contributed by atoms with E-state index in [4.69, 9.17) is 9.16 Å². The maximum absolute atomic E-state index is 11.9. The molecular weight excluding hydrogens is 330 g/mol. The molecule has 0 unspecified atom stereocenters. The second-order valence-electron chi connectivity index (χ2n) is 9.18. The first-order valence-electron chi connectivity index (χ1n) is 9.86. The monoisotopic (exact) mass is 367 g/mol. The van der Waals surface area contributed by atoms with Gasteiger partial charge < -0.3 is 14.5 Å². The van der Waals surface area contributed by atoms with Crippen LogP contribution < -0.4 is 5.32 Å². The highest BCUT2D eigenvalue weighted by atomic mass is 28.4. The topological polar surface area (TPSA) is 47.6 Å². The van der Waals surface area contributed by atoms with Crippen molar-refractivity contribution in [2.45, 2.75) is 96.6 Å². The van der Waals surface area contributed by atoms with E-state index in [1.165, 1.54) is 12.0 Å². The number of carbonyl (C=O) groups excluding carboxylic acids is 1. The lowest BCUT2D eigenvalue weighted by atomic mass is 9.73. The molecule has 1 aliphatic carbocycles. The van der Waals surface area contributed by atoms with Crippen molar-refractivity contribution < 1.29 is 14.0 Å². The van der Waals surface area contributed by atoms with Crippen molar-refractivity contribution in [3.63, 3.8) is 0 Å². The molecule has 5 heteroatoms. The van der Waals surface area contributed by atoms with Crippen LogP contribution in [0.4, 0.5) is 0 Å². The van der Waals surface area contributed by atoms with E-state index >= 15 is 0 Å². The van der Waals surface area contributed by atoms with Crippen molar-refractivity contribution in [3.05, 3.63) is 11.6 Å². The number of hydrogen-bond acceptors (Lipinski definition) is 4. The first-order chi connectivity index (χ1) is 11.5. The lowest BCUT2D eigenvalue weighted by Crippen LogP contribution is -2.58. The zero-order valence-electron chi connectivity index (χ0n) is 17.1. The Balaban J connectivity index is 2.15. The summed E-state index contributed by atoms with van der Waals surface area (Å²) in [5, 5.41) is 3.99. The van der Waals surface area contributed by atoms with Crippen LogP contribution in [0, 0.1) is 5.92 Å². The van der Waals surface area contributed by atoms with E-state index in [1.54, 1.807) is 6.08 Å². The molecule has 0 radical (unpaired) electrons. The molecule has 4 nitrogen and oxygen atoms in total. The molecule has 0 aromatic heterocycles. The number of esters is 1. The van der Waals surface area contributed by atoms with E-state index in [0.717, 1.165) is 19.3 Å². The highest BCUT2D eigenvalue weighted by molar-refractivity contribution is 6.74. The summed E-state index contributed by atoms with van der Waals surface area (Å²) in [6.07, 6.45) is 6.30. The number of rotatable bonds is 4. The molecule has 0 bridgehead atoms. The Hall–Kier alpha value is -0.653. The largest absolute Gasteiger partial charge is 0.463 e. The van der Waals surface area contributed by atoms with Crippen LogP contribution in [0.1, 0.15) is 60.3 Å². The molecule has 0 aromatic carbocycles. The summed E-state index contributed by atoms with van der Waals surface area (Å²) in [5.74, 6) is 0.197. The van der Waals surface area contributed by atoms with Gasteiger partial charge in [-0.3, -0.25) is 0 Å². The fraction of sp³-hybridized carbons (Fsp3) is 0.850. The fourth-order valence-corrected chi connectivity index (χ4v) is 5.22. The minimum absolute atomic E-state index is 0.196. The number of piperidine rings is 1. The lowest BCUT2D eigenvalue weighted by Gasteiger charge is -2.48. The summed E-state index contributed by atoms with van der Waals surface area (Å²) in [4.78, 5) is 11.9. The number of ether oxygens (including phenoxy) is 1. The van der Waals surface area contributed by atoms with Crippen molar-refractivity contribution in [2.75, 3.05) is 6.61 Å². The summed E-state index contributed by atoms with van der Waals surface area (Å²) in [7, 11) is -1.81. The molecule has 4 atom stereocenters. The quantitative estimate of drug-likeness (QED) is 0.454. The van der Waals surface area contributed by atoms with Gasteiger partial charge in [0.15, 0.2) is 8.32 Å². The van der Waals surface area contributed by atoms with Gasteiger partial charge in [-0.1, -0.05) is 26.3 Å². The van der Waals surface area contributed by atoms with Crippen LogP contribution in [0.3, 0.4) is 0 Å². The minimum atomic E-state index is -1.81. The lowest BCUT2D eigenvalue weighted by molar-refractivity contribution is -0.137. The second-order valence-corrected chi connectivity index (χ2v) is 13.9. The second kappa shape index (κ2) is 7.93. The average molecular weight is 368 g/mol. The number of fused-ring (bicyclic) bond motifs is 1. The molecule has 0 amide bonds. The molecule has 1 saturated carbocycles. The summed E-state index contributed by atoms with van der Waals surface area (Å²) in [5.41, 5.74) is 1.25. The van der Waals surface area contributed by atoms with E-state index in [2.05, 4.69) is 46.1 Å². The number of hydrogen-bond donors (Lipinski definition) is 1. The third-order valence-electron chi connectivity index (χ3n) is 6.31. The zero-order chi connectivity index (χ0) is 18.8. The van der Waals surface area contributed by atoms with Gasteiger partial charge in [0.25, 0.3) is 0 Å². The van der Waals surface area contributed by atoms with Gasteiger partial charge >= 0.3 is 5.97 Å². The summed E-state index contributed by atoms with van der Waals surface area (Å²) in [6, 6.07) is 0.820. The van der Waals surface area contributed by atoms with Crippen LogP contribution in [0.5, 0.6) is 0 Å². The van der Waals surface area contributed by atoms with Gasteiger partial charge in [0.1, 0.15) is 0 Å². The van der Waals surface area contributed by atoms with Gasteiger partial charge in [0.2, 0.25) is 0 Å². The predicted molar refractivity (Wildman–Crippen MR) is 105 cm³/mol. The molecule has 1 aliphatic heterocycles. The molecule has 2 fully saturated rings. The van der Waals surface area contributed by atoms with E-state index in [9.17, 15) is 4.79 Å². The van der Waals surface area contributed by atoms with Gasteiger partial charge in [-0.25, -0.2) is 4.79 Å². The molecule has 0 aromatic rings. The minimum Gasteiger partial charge on any atom is -0.463 e. The maximum atomic E-state index is 11.9. The number of carbonyl (C=O) groups is 1. The molecule has 2 rings (SSSR count). The average Bonchev–Trinajstić information content (AvgIpc) is 2.47. The summed E-state index contributed by atoms with van der Waals surface area (Å²) in [6.45, 7) is 16.0. The van der Waals surface area contributed by atoms with Crippen LogP contribution >= 0.6 is 0 Å². The van der Waals surface area contributed by atoms with Crippen molar-refractivity contribution in [3.8, 4) is 0 Å². The first kappa shape index (κ1) is 20.7. The van der Waals surface area contributed by atoms with Gasteiger partial charge in [0, 0.05) is 18.2 Å². The molecule has 144 valence electrons. The van der Waals surface area contributed by atoms with Crippen LogP contribution in [0.25, 0.3) is 0 Å². The van der Waals surface area contributed by atoms with Gasteiger partial charge in [-0.05, 0) is 63.6 Å². The molecule has 1 N–H and O–H groups in total. The fourth-order valence-electron chi connectivity index (χ4n) is 3.81. The van der Waals surface area contributed by atoms with E-state index in [-0.39, 0.29) is 17.1 Å². The van der Waals surface area contributed by atoms with E-state index in [1.807, 2.05) is 6.92 Å². The molecular formula is C20H37NO3Si. The summed E-state index contributed by atoms with van der Waals surface area (Å²) < 4.78 is 11.9. The van der Waals surface area contributed by atoms with Gasteiger partial charge in [0.05, 0.1) is 12.7 Å². The normalized spacial score (nSPS) is 32.4. The Morgan fingerprint density at radius 3 is 2.64 bits per heavy atom. The van der Waals surface area contributed by atoms with Gasteiger partial charge in [-0.15, -0.1) is 0 Å². The van der Waals surface area contributed by atoms with Crippen LogP contribution in [0.15, 0.2) is 11.6 Å². The Kier molecular flexibility index (Phi) is 6.55. The standard InChI is InChI=1S/C20H37NO3Si/c1-8-23-19(22)12-15-10-9-11-17-16(15)13-18(14(2)21-17)24-25(6,7)20(3,4)5/h12,14,16-18,21H,8-11,13H2,1-7H3/b15-12+/t14-,16-,17+,18+/m0/s1. The smallest absolute Gasteiger partial charge is 0.330 e. The first-order valence-corrected chi connectivity index (χ1v) is 12.8. The van der Waals surface area contributed by atoms with Crippen molar-refractivity contribution in [1.82, 2.24) is 5.32 Å². The predicted octanol–water partition coefficient (Wildman–Crippen LogP) is 4.42. The maximum Gasteiger partial charge on any atom is 0.330 e. The van der Waals surface area contributed by atoms with Crippen LogP contribution in [-0.2, 0) is 14.0 Å². The molecule has 2 aliphatic rings. The SMILES string of the molecule is CCOC(=O)/C=C1\CCC[C@H]2N[C@@H](C)[C@H](O[Si](C)(C)C(C)(C)C)C[C@@H]12. The molecule has 1 saturated heterocycles. The summed E-state index contributed by atoms with van der Waals surface area (Å²) >= 11 is 0. The Labute approximate surface area is 154 Å². The van der Waals surface area contributed by atoms with Crippen molar-refractivity contribution >= 4 is 14.3 Å². The third-order valence-corrected chi connectivity index (χ3v) is 10.8. The van der Waals surface area contributed by atoms with Crippen molar-refractivity contribution in [1.29, 1.82) is 0 Å². The third kappa shape index (κ3) is 4.95. The Morgan fingerprint density at radius 1 is 1.36 bits per heavy atom. The Bertz CT molecular complexity index is 510. The van der Waals surface area contributed by atoms with Crippen LogP contribution in [0.2, 0.25) is 18.1 Å². The van der Waals surface area contributed by atoms with E-state index < -0.39 is 8.32 Å². The molecule has 25 heavy (non-hydrogen) atoms.